The Kier molecular flexibility index (Phi) is 4.06. The van der Waals surface area contributed by atoms with E-state index in [1.807, 2.05) is 6.92 Å². The molecule has 2 N–H and O–H groups in total. The molecule has 0 aromatic heterocycles. The Morgan fingerprint density at radius 1 is 1.35 bits per heavy atom. The summed E-state index contributed by atoms with van der Waals surface area (Å²) in [6, 6.07) is 3.40. The molecule has 0 bridgehead atoms. The molecule has 0 radical (unpaired) electrons. The molecule has 0 saturated heterocycles. The van der Waals surface area contributed by atoms with Gasteiger partial charge in [0.15, 0.2) is 0 Å². The molecule has 1 aliphatic rings. The number of halogens is 1. The van der Waals surface area contributed by atoms with E-state index >= 15 is 0 Å². The van der Waals surface area contributed by atoms with Crippen molar-refractivity contribution in [1.82, 2.24) is 0 Å². The topological polar surface area (TPSA) is 66.4 Å². The minimum absolute atomic E-state index is 0.0429. The predicted octanol–water partition coefficient (Wildman–Crippen LogP) is 3.43. The van der Waals surface area contributed by atoms with Gasteiger partial charge in [-0.3, -0.25) is 4.79 Å². The Labute approximate surface area is 117 Å². The standard InChI is InChI=1S/C15H18FNO3/c1-2-15(7-3-4-8-15)14(20)17-12-9-10(13(18)19)5-6-11(12)16/h5-6,9H,2-4,7-8H2,1H3,(H,17,20)(H,18,19). The molecule has 1 aromatic carbocycles. The molecular weight excluding hydrogens is 261 g/mol. The Hall–Kier alpha value is -1.91. The highest BCUT2D eigenvalue weighted by atomic mass is 19.1. The van der Waals surface area contributed by atoms with E-state index in [1.54, 1.807) is 0 Å². The van der Waals surface area contributed by atoms with Crippen molar-refractivity contribution in [1.29, 1.82) is 0 Å². The Balaban J connectivity index is 2.23. The number of anilines is 1. The van der Waals surface area contributed by atoms with E-state index in [4.69, 9.17) is 5.11 Å². The van der Waals surface area contributed by atoms with Crippen LogP contribution in [0.15, 0.2) is 18.2 Å². The average Bonchev–Trinajstić information content (AvgIpc) is 2.91. The minimum Gasteiger partial charge on any atom is -0.478 e. The number of rotatable bonds is 4. The van der Waals surface area contributed by atoms with Crippen LogP contribution in [0.25, 0.3) is 0 Å². The highest BCUT2D eigenvalue weighted by molar-refractivity contribution is 5.97. The summed E-state index contributed by atoms with van der Waals surface area (Å²) in [5.41, 5.74) is -0.542. The van der Waals surface area contributed by atoms with Gasteiger partial charge in [0.05, 0.1) is 11.3 Å². The molecule has 20 heavy (non-hydrogen) atoms. The third-order valence-electron chi connectivity index (χ3n) is 4.18. The van der Waals surface area contributed by atoms with Crippen LogP contribution in [0.5, 0.6) is 0 Å². The van der Waals surface area contributed by atoms with Crippen LogP contribution in [0.2, 0.25) is 0 Å². The van der Waals surface area contributed by atoms with E-state index in [-0.39, 0.29) is 17.2 Å². The summed E-state index contributed by atoms with van der Waals surface area (Å²) in [5.74, 6) is -1.97. The molecular formula is C15H18FNO3. The number of benzene rings is 1. The van der Waals surface area contributed by atoms with Gasteiger partial charge in [0.1, 0.15) is 5.82 Å². The summed E-state index contributed by atoms with van der Waals surface area (Å²) >= 11 is 0. The maximum atomic E-state index is 13.7. The van der Waals surface area contributed by atoms with Crippen LogP contribution in [0.4, 0.5) is 10.1 Å². The molecule has 2 rings (SSSR count). The first kappa shape index (κ1) is 14.5. The van der Waals surface area contributed by atoms with Crippen LogP contribution in [0, 0.1) is 11.2 Å². The smallest absolute Gasteiger partial charge is 0.335 e. The largest absolute Gasteiger partial charge is 0.478 e. The highest BCUT2D eigenvalue weighted by Crippen LogP contribution is 2.42. The van der Waals surface area contributed by atoms with Crippen molar-refractivity contribution in [3.63, 3.8) is 0 Å². The summed E-state index contributed by atoms with van der Waals surface area (Å²) < 4.78 is 13.7. The second kappa shape index (κ2) is 5.61. The molecule has 0 aliphatic heterocycles. The van der Waals surface area contributed by atoms with Crippen LogP contribution < -0.4 is 5.32 Å². The first-order valence-corrected chi connectivity index (χ1v) is 6.83. The Morgan fingerprint density at radius 2 is 2.00 bits per heavy atom. The van der Waals surface area contributed by atoms with Gasteiger partial charge in [0.25, 0.3) is 0 Å². The lowest BCUT2D eigenvalue weighted by atomic mass is 9.82. The molecule has 1 aliphatic carbocycles. The van der Waals surface area contributed by atoms with Crippen molar-refractivity contribution < 1.29 is 19.1 Å². The molecule has 0 atom stereocenters. The van der Waals surface area contributed by atoms with Crippen molar-refractivity contribution in [3.8, 4) is 0 Å². The maximum absolute atomic E-state index is 13.7. The number of carboxylic acids is 1. The lowest BCUT2D eigenvalue weighted by Crippen LogP contribution is -2.33. The van der Waals surface area contributed by atoms with E-state index in [9.17, 15) is 14.0 Å². The van der Waals surface area contributed by atoms with Gasteiger partial charge in [-0.25, -0.2) is 9.18 Å². The second-order valence-electron chi connectivity index (χ2n) is 5.29. The number of hydrogen-bond acceptors (Lipinski definition) is 2. The molecule has 0 heterocycles. The number of carbonyl (C=O) groups excluding carboxylic acids is 1. The number of nitrogens with one attached hydrogen (secondary N) is 1. The SMILES string of the molecule is CCC1(C(=O)Nc2cc(C(=O)O)ccc2F)CCCC1. The molecule has 5 heteroatoms. The van der Waals surface area contributed by atoms with Crippen molar-refractivity contribution in [3.05, 3.63) is 29.6 Å². The minimum atomic E-state index is -1.15. The number of amides is 1. The van der Waals surface area contributed by atoms with Gasteiger partial charge >= 0.3 is 5.97 Å². The van der Waals surface area contributed by atoms with Gasteiger partial charge in [0, 0.05) is 5.41 Å². The van der Waals surface area contributed by atoms with E-state index < -0.39 is 17.2 Å². The number of aromatic carboxylic acids is 1. The van der Waals surface area contributed by atoms with Crippen LogP contribution >= 0.6 is 0 Å². The Morgan fingerprint density at radius 3 is 2.55 bits per heavy atom. The van der Waals surface area contributed by atoms with Gasteiger partial charge < -0.3 is 10.4 Å². The van der Waals surface area contributed by atoms with Crippen LogP contribution in [-0.4, -0.2) is 17.0 Å². The predicted molar refractivity (Wildman–Crippen MR) is 73.2 cm³/mol. The molecule has 0 unspecified atom stereocenters. The fourth-order valence-electron chi connectivity index (χ4n) is 2.80. The monoisotopic (exact) mass is 279 g/mol. The van der Waals surface area contributed by atoms with E-state index in [0.29, 0.717) is 6.42 Å². The quantitative estimate of drug-likeness (QED) is 0.887. The molecule has 108 valence electrons. The molecule has 1 aromatic rings. The van der Waals surface area contributed by atoms with Gasteiger partial charge in [-0.05, 0) is 37.5 Å². The summed E-state index contributed by atoms with van der Waals surface area (Å²) in [7, 11) is 0. The van der Waals surface area contributed by atoms with Crippen LogP contribution in [-0.2, 0) is 4.79 Å². The molecule has 1 amide bonds. The fraction of sp³-hybridized carbons (Fsp3) is 0.467. The molecule has 4 nitrogen and oxygen atoms in total. The van der Waals surface area contributed by atoms with Gasteiger partial charge in [-0.15, -0.1) is 0 Å². The number of carboxylic acid groups (broad SMARTS) is 1. The van der Waals surface area contributed by atoms with Gasteiger partial charge in [-0.1, -0.05) is 19.8 Å². The van der Waals surface area contributed by atoms with Crippen molar-refractivity contribution >= 4 is 17.6 Å². The second-order valence-corrected chi connectivity index (χ2v) is 5.29. The van der Waals surface area contributed by atoms with Crippen LogP contribution in [0.1, 0.15) is 49.4 Å². The first-order valence-electron chi connectivity index (χ1n) is 6.83. The van der Waals surface area contributed by atoms with E-state index in [1.165, 1.54) is 6.07 Å². The lowest BCUT2D eigenvalue weighted by molar-refractivity contribution is -0.125. The van der Waals surface area contributed by atoms with Crippen LogP contribution in [0.3, 0.4) is 0 Å². The summed E-state index contributed by atoms with van der Waals surface area (Å²) in [4.78, 5) is 23.3. The van der Waals surface area contributed by atoms with E-state index in [2.05, 4.69) is 5.32 Å². The number of hydrogen-bond donors (Lipinski definition) is 2. The van der Waals surface area contributed by atoms with E-state index in [0.717, 1.165) is 37.8 Å². The third kappa shape index (κ3) is 2.66. The Bertz CT molecular complexity index is 536. The summed E-state index contributed by atoms with van der Waals surface area (Å²) in [5, 5.41) is 11.5. The normalized spacial score (nSPS) is 16.9. The molecule has 0 spiro atoms. The zero-order valence-electron chi connectivity index (χ0n) is 11.4. The molecule has 1 fully saturated rings. The third-order valence-corrected chi connectivity index (χ3v) is 4.18. The van der Waals surface area contributed by atoms with Crippen molar-refractivity contribution in [2.75, 3.05) is 5.32 Å². The number of carbonyl (C=O) groups is 2. The van der Waals surface area contributed by atoms with Crippen molar-refractivity contribution in [2.45, 2.75) is 39.0 Å². The van der Waals surface area contributed by atoms with Gasteiger partial charge in [0.2, 0.25) is 5.91 Å². The maximum Gasteiger partial charge on any atom is 0.335 e. The lowest BCUT2D eigenvalue weighted by Gasteiger charge is -2.26. The molecule has 1 saturated carbocycles. The van der Waals surface area contributed by atoms with Crippen molar-refractivity contribution in [2.24, 2.45) is 5.41 Å². The zero-order valence-corrected chi connectivity index (χ0v) is 11.4. The zero-order chi connectivity index (χ0) is 14.8. The van der Waals surface area contributed by atoms with Gasteiger partial charge in [-0.2, -0.15) is 0 Å². The highest BCUT2D eigenvalue weighted by Gasteiger charge is 2.39. The fourth-order valence-corrected chi connectivity index (χ4v) is 2.80. The first-order chi connectivity index (χ1) is 9.48. The summed E-state index contributed by atoms with van der Waals surface area (Å²) in [6.45, 7) is 1.95. The summed E-state index contributed by atoms with van der Waals surface area (Å²) in [6.07, 6.45) is 4.31. The average molecular weight is 279 g/mol.